The molecular weight excluding hydrogens is 260 g/mol. The summed E-state index contributed by atoms with van der Waals surface area (Å²) >= 11 is 0. The fourth-order valence-corrected chi connectivity index (χ4v) is 1.57. The average molecular weight is 280 g/mol. The van der Waals surface area contributed by atoms with Crippen molar-refractivity contribution < 1.29 is 19.1 Å². The minimum Gasteiger partial charge on any atom is -0.354 e. The molecule has 1 aromatic rings. The third-order valence-electron chi connectivity index (χ3n) is 2.80. The van der Waals surface area contributed by atoms with Crippen molar-refractivity contribution in [2.45, 2.75) is 20.1 Å². The molecule has 0 heterocycles. The maximum Gasteiger partial charge on any atom is 0.313 e. The third-order valence-corrected chi connectivity index (χ3v) is 2.80. The second kappa shape index (κ2) is 7.62. The smallest absolute Gasteiger partial charge is 0.313 e. The number of nitrogens with one attached hydrogen (secondary N) is 2. The highest BCUT2D eigenvalue weighted by molar-refractivity contribution is 6.39. The van der Waals surface area contributed by atoms with Gasteiger partial charge >= 0.3 is 11.8 Å². The molecule has 110 valence electrons. The van der Waals surface area contributed by atoms with E-state index in [1.807, 2.05) is 32.0 Å². The number of anilines is 1. The minimum atomic E-state index is -0.731. The summed E-state index contributed by atoms with van der Waals surface area (Å²) in [7, 11) is 2.91. The van der Waals surface area contributed by atoms with Gasteiger partial charge in [-0.2, -0.15) is 0 Å². The van der Waals surface area contributed by atoms with Crippen LogP contribution in [-0.2, 0) is 19.1 Å². The van der Waals surface area contributed by atoms with E-state index in [0.717, 1.165) is 11.1 Å². The molecule has 6 nitrogen and oxygen atoms in total. The number of amides is 2. The van der Waals surface area contributed by atoms with Gasteiger partial charge in [0.15, 0.2) is 6.29 Å². The van der Waals surface area contributed by atoms with Crippen molar-refractivity contribution in [2.24, 2.45) is 0 Å². The molecule has 6 heteroatoms. The Morgan fingerprint density at radius 1 is 1.15 bits per heavy atom. The highest BCUT2D eigenvalue weighted by Crippen LogP contribution is 2.15. The summed E-state index contributed by atoms with van der Waals surface area (Å²) in [5, 5.41) is 5.02. The zero-order chi connectivity index (χ0) is 15.1. The monoisotopic (exact) mass is 280 g/mol. The lowest BCUT2D eigenvalue weighted by Gasteiger charge is -2.14. The fraction of sp³-hybridized carbons (Fsp3) is 0.429. The molecule has 0 aliphatic carbocycles. The Hall–Kier alpha value is -1.92. The first-order chi connectivity index (χ1) is 9.47. The first-order valence-electron chi connectivity index (χ1n) is 6.20. The second-order valence-electron chi connectivity index (χ2n) is 4.38. The normalized spacial score (nSPS) is 10.4. The zero-order valence-electron chi connectivity index (χ0n) is 12.1. The second-order valence-corrected chi connectivity index (χ2v) is 4.38. The van der Waals surface area contributed by atoms with E-state index in [2.05, 4.69) is 10.6 Å². The number of methoxy groups -OCH3 is 2. The maximum atomic E-state index is 11.8. The van der Waals surface area contributed by atoms with Crippen LogP contribution in [-0.4, -0.2) is 38.9 Å². The van der Waals surface area contributed by atoms with Crippen LogP contribution < -0.4 is 10.6 Å². The summed E-state index contributed by atoms with van der Waals surface area (Å²) in [6.07, 6.45) is -0.576. The summed E-state index contributed by atoms with van der Waals surface area (Å²) in [5.41, 5.74) is 2.52. The first-order valence-corrected chi connectivity index (χ1v) is 6.20. The van der Waals surface area contributed by atoms with Crippen molar-refractivity contribution in [3.63, 3.8) is 0 Å². The molecule has 0 atom stereocenters. The van der Waals surface area contributed by atoms with Gasteiger partial charge in [0.05, 0.1) is 6.54 Å². The van der Waals surface area contributed by atoms with Gasteiger partial charge in [-0.3, -0.25) is 9.59 Å². The Labute approximate surface area is 118 Å². The van der Waals surface area contributed by atoms with E-state index in [4.69, 9.17) is 9.47 Å². The number of rotatable bonds is 5. The predicted octanol–water partition coefficient (Wildman–Crippen LogP) is 0.977. The molecule has 0 unspecified atom stereocenters. The van der Waals surface area contributed by atoms with Gasteiger partial charge in [0.1, 0.15) is 0 Å². The van der Waals surface area contributed by atoms with E-state index in [0.29, 0.717) is 5.69 Å². The summed E-state index contributed by atoms with van der Waals surface area (Å²) in [4.78, 5) is 23.4. The fourth-order valence-electron chi connectivity index (χ4n) is 1.57. The molecule has 2 N–H and O–H groups in total. The summed E-state index contributed by atoms with van der Waals surface area (Å²) < 4.78 is 9.83. The highest BCUT2D eigenvalue weighted by Gasteiger charge is 2.16. The third kappa shape index (κ3) is 4.64. The van der Waals surface area contributed by atoms with Gasteiger partial charge in [0, 0.05) is 19.9 Å². The zero-order valence-corrected chi connectivity index (χ0v) is 12.1. The van der Waals surface area contributed by atoms with Gasteiger partial charge in [0.25, 0.3) is 0 Å². The quantitative estimate of drug-likeness (QED) is 0.622. The first kappa shape index (κ1) is 16.1. The Kier molecular flexibility index (Phi) is 6.14. The van der Waals surface area contributed by atoms with Crippen molar-refractivity contribution in [1.29, 1.82) is 0 Å². The molecule has 0 aliphatic rings. The van der Waals surface area contributed by atoms with Crippen LogP contribution in [0.5, 0.6) is 0 Å². The van der Waals surface area contributed by atoms with Crippen molar-refractivity contribution >= 4 is 17.5 Å². The van der Waals surface area contributed by atoms with Gasteiger partial charge in [-0.25, -0.2) is 0 Å². The number of aryl methyl sites for hydroxylation is 2. The molecule has 1 aromatic carbocycles. The predicted molar refractivity (Wildman–Crippen MR) is 75.4 cm³/mol. The van der Waals surface area contributed by atoms with Crippen LogP contribution in [0.25, 0.3) is 0 Å². The van der Waals surface area contributed by atoms with E-state index in [-0.39, 0.29) is 6.54 Å². The van der Waals surface area contributed by atoms with Crippen molar-refractivity contribution in [1.82, 2.24) is 5.32 Å². The number of benzene rings is 1. The topological polar surface area (TPSA) is 76.7 Å². The number of ether oxygens (including phenoxy) is 2. The largest absolute Gasteiger partial charge is 0.354 e. The van der Waals surface area contributed by atoms with Gasteiger partial charge in [-0.15, -0.1) is 0 Å². The maximum absolute atomic E-state index is 11.8. The molecule has 0 fully saturated rings. The lowest BCUT2D eigenvalue weighted by molar-refractivity contribution is -0.139. The Balaban J connectivity index is 2.57. The molecule has 0 radical (unpaired) electrons. The Morgan fingerprint density at radius 3 is 2.40 bits per heavy atom. The van der Waals surface area contributed by atoms with E-state index < -0.39 is 18.1 Å². The van der Waals surface area contributed by atoms with Crippen LogP contribution in [0.1, 0.15) is 11.1 Å². The standard InChI is InChI=1S/C14H20N2O4/c1-9-5-6-10(2)11(7-9)16-14(18)13(17)15-8-12(19-3)20-4/h5-7,12H,8H2,1-4H3,(H,15,17)(H,16,18). The van der Waals surface area contributed by atoms with Gasteiger partial charge in [-0.05, 0) is 31.0 Å². The lowest BCUT2D eigenvalue weighted by Crippen LogP contribution is -2.40. The van der Waals surface area contributed by atoms with Crippen LogP contribution >= 0.6 is 0 Å². The van der Waals surface area contributed by atoms with Crippen LogP contribution in [0.3, 0.4) is 0 Å². The average Bonchev–Trinajstić information content (AvgIpc) is 2.43. The van der Waals surface area contributed by atoms with Crippen molar-refractivity contribution in [3.8, 4) is 0 Å². The Morgan fingerprint density at radius 2 is 1.80 bits per heavy atom. The van der Waals surface area contributed by atoms with Crippen LogP contribution in [0.4, 0.5) is 5.69 Å². The molecule has 20 heavy (non-hydrogen) atoms. The van der Waals surface area contributed by atoms with Gasteiger partial charge < -0.3 is 20.1 Å². The number of hydrogen-bond donors (Lipinski definition) is 2. The van der Waals surface area contributed by atoms with Crippen molar-refractivity contribution in [2.75, 3.05) is 26.1 Å². The van der Waals surface area contributed by atoms with E-state index in [1.54, 1.807) is 0 Å². The minimum absolute atomic E-state index is 0.103. The SMILES string of the molecule is COC(CNC(=O)C(=O)Nc1cc(C)ccc1C)OC. The number of hydrogen-bond acceptors (Lipinski definition) is 4. The lowest BCUT2D eigenvalue weighted by atomic mass is 10.1. The van der Waals surface area contributed by atoms with Crippen LogP contribution in [0, 0.1) is 13.8 Å². The van der Waals surface area contributed by atoms with Crippen LogP contribution in [0.15, 0.2) is 18.2 Å². The van der Waals surface area contributed by atoms with Crippen LogP contribution in [0.2, 0.25) is 0 Å². The van der Waals surface area contributed by atoms with Crippen molar-refractivity contribution in [3.05, 3.63) is 29.3 Å². The molecular formula is C14H20N2O4. The Bertz CT molecular complexity index is 484. The van der Waals surface area contributed by atoms with E-state index in [1.165, 1.54) is 14.2 Å². The molecule has 0 bridgehead atoms. The van der Waals surface area contributed by atoms with Gasteiger partial charge in [-0.1, -0.05) is 12.1 Å². The molecule has 0 spiro atoms. The van der Waals surface area contributed by atoms with Gasteiger partial charge in [0.2, 0.25) is 0 Å². The van der Waals surface area contributed by atoms with E-state index in [9.17, 15) is 9.59 Å². The van der Waals surface area contributed by atoms with E-state index >= 15 is 0 Å². The number of carbonyl (C=O) groups excluding carboxylic acids is 2. The summed E-state index contributed by atoms with van der Waals surface area (Å²) in [6, 6.07) is 5.63. The molecule has 0 aromatic heterocycles. The molecule has 0 aliphatic heterocycles. The number of carbonyl (C=O) groups is 2. The molecule has 0 saturated carbocycles. The summed E-state index contributed by atoms with van der Waals surface area (Å²) in [5.74, 6) is -1.45. The summed E-state index contributed by atoms with van der Waals surface area (Å²) in [6.45, 7) is 3.88. The highest BCUT2D eigenvalue weighted by atomic mass is 16.7. The molecule has 0 saturated heterocycles. The molecule has 1 rings (SSSR count). The molecule has 2 amide bonds.